The number of aliphatic hydroxyl groups is 1. The van der Waals surface area contributed by atoms with Crippen LogP contribution in [0.5, 0.6) is 0 Å². The number of hydrogen-bond acceptors (Lipinski definition) is 4. The van der Waals surface area contributed by atoms with Gasteiger partial charge in [-0.3, -0.25) is 9.59 Å². The molecule has 7 heteroatoms. The molecule has 0 saturated heterocycles. The van der Waals surface area contributed by atoms with Gasteiger partial charge in [0.25, 0.3) is 8.32 Å². The molecular formula is C60H104N2O4Si. The first-order chi connectivity index (χ1) is 32.4. The van der Waals surface area contributed by atoms with Gasteiger partial charge in [0.1, 0.15) is 0 Å². The van der Waals surface area contributed by atoms with Gasteiger partial charge in [0.05, 0.1) is 0 Å². The molecule has 67 heavy (non-hydrogen) atoms. The maximum atomic E-state index is 12.6. The number of benzene rings is 2. The van der Waals surface area contributed by atoms with Crippen molar-refractivity contribution in [3.05, 3.63) is 85.0 Å². The summed E-state index contributed by atoms with van der Waals surface area (Å²) in [4.78, 5) is 29.1. The van der Waals surface area contributed by atoms with Crippen LogP contribution in [0.15, 0.2) is 85.0 Å². The van der Waals surface area contributed by atoms with Crippen molar-refractivity contribution in [1.82, 2.24) is 9.80 Å². The number of nitrogens with zero attached hydrogens (tertiary/aromatic N) is 2. The maximum Gasteiger partial charge on any atom is 0.261 e. The Hall–Kier alpha value is -3.00. The molecule has 0 saturated carbocycles. The van der Waals surface area contributed by atoms with Gasteiger partial charge < -0.3 is 19.3 Å². The summed E-state index contributed by atoms with van der Waals surface area (Å²) in [5, 5.41) is 11.5. The van der Waals surface area contributed by atoms with Gasteiger partial charge in [0, 0.05) is 51.2 Å². The summed E-state index contributed by atoms with van der Waals surface area (Å²) in [6.45, 7) is 22.9. The second kappa shape index (κ2) is 39.8. The van der Waals surface area contributed by atoms with Crippen molar-refractivity contribution in [1.29, 1.82) is 0 Å². The molecular weight excluding hydrogens is 841 g/mol. The number of carbonyl (C=O) groups excluding carboxylic acids is 2. The van der Waals surface area contributed by atoms with E-state index in [1.54, 1.807) is 0 Å². The monoisotopic (exact) mass is 945 g/mol. The van der Waals surface area contributed by atoms with Crippen molar-refractivity contribution < 1.29 is 19.1 Å². The summed E-state index contributed by atoms with van der Waals surface area (Å²) in [6, 6.07) is 22.5. The number of unbranched alkanes of at least 4 members (excludes halogenated alkanes) is 18. The Kier molecular flexibility index (Phi) is 36.8. The van der Waals surface area contributed by atoms with Crippen LogP contribution in [0.3, 0.4) is 0 Å². The van der Waals surface area contributed by atoms with Crippen LogP contribution in [0.2, 0.25) is 5.04 Å². The number of allylic oxidation sites excluding steroid dienone is 4. The molecule has 2 aromatic rings. The molecule has 0 aliphatic carbocycles. The van der Waals surface area contributed by atoms with Crippen LogP contribution in [-0.2, 0) is 14.0 Å². The number of rotatable bonds is 38. The van der Waals surface area contributed by atoms with Crippen LogP contribution in [0.4, 0.5) is 0 Å². The van der Waals surface area contributed by atoms with E-state index in [-0.39, 0.29) is 5.04 Å². The predicted molar refractivity (Wildman–Crippen MR) is 294 cm³/mol. The smallest absolute Gasteiger partial charge is 0.261 e. The van der Waals surface area contributed by atoms with Crippen LogP contribution in [0.1, 0.15) is 229 Å². The van der Waals surface area contributed by atoms with Crippen molar-refractivity contribution in [2.75, 3.05) is 26.3 Å². The van der Waals surface area contributed by atoms with Gasteiger partial charge in [-0.05, 0) is 133 Å². The van der Waals surface area contributed by atoms with E-state index in [4.69, 9.17) is 9.53 Å². The molecule has 2 aromatic carbocycles. The zero-order valence-electron chi connectivity index (χ0n) is 45.0. The number of aliphatic hydroxyl groups excluding tert-OH is 1. The van der Waals surface area contributed by atoms with Crippen LogP contribution in [-0.4, -0.2) is 73.4 Å². The molecule has 0 heterocycles. The second-order valence-electron chi connectivity index (χ2n) is 20.6. The minimum atomic E-state index is -2.41. The van der Waals surface area contributed by atoms with E-state index in [1.165, 1.54) is 81.0 Å². The highest BCUT2D eigenvalue weighted by molar-refractivity contribution is 6.99. The Morgan fingerprint density at radius 2 is 0.881 bits per heavy atom. The van der Waals surface area contributed by atoms with Gasteiger partial charge in [-0.1, -0.05) is 184 Å². The van der Waals surface area contributed by atoms with Gasteiger partial charge in [-0.2, -0.15) is 0 Å². The zero-order valence-corrected chi connectivity index (χ0v) is 46.0. The molecule has 6 nitrogen and oxygen atoms in total. The third-order valence-electron chi connectivity index (χ3n) is 13.0. The van der Waals surface area contributed by atoms with E-state index in [2.05, 4.69) is 157 Å². The lowest BCUT2D eigenvalue weighted by molar-refractivity contribution is -0.134. The Morgan fingerprint density at radius 3 is 1.24 bits per heavy atom. The van der Waals surface area contributed by atoms with Crippen molar-refractivity contribution in [2.24, 2.45) is 0 Å². The molecule has 0 aromatic heterocycles. The number of hydrogen-bond donors (Lipinski definition) is 1. The van der Waals surface area contributed by atoms with Crippen LogP contribution < -0.4 is 10.4 Å². The van der Waals surface area contributed by atoms with Gasteiger partial charge >= 0.3 is 0 Å². The van der Waals surface area contributed by atoms with E-state index < -0.39 is 8.32 Å². The largest absolute Gasteiger partial charge is 0.407 e. The first-order valence-electron chi connectivity index (χ1n) is 27.6. The molecule has 0 bridgehead atoms. The first kappa shape index (κ1) is 62.0. The Labute approximate surface area is 415 Å². The maximum absolute atomic E-state index is 12.6. The fourth-order valence-corrected chi connectivity index (χ4v) is 13.6. The average Bonchev–Trinajstić information content (AvgIpc) is 3.31. The third kappa shape index (κ3) is 27.7. The minimum absolute atomic E-state index is 0.0390. The summed E-state index contributed by atoms with van der Waals surface area (Å²) >= 11 is 0. The van der Waals surface area contributed by atoms with E-state index in [9.17, 15) is 9.59 Å². The third-order valence-corrected chi connectivity index (χ3v) is 18.1. The molecule has 0 aliphatic heterocycles. The lowest BCUT2D eigenvalue weighted by atomic mass is 10.1. The molecule has 0 spiro atoms. The van der Waals surface area contributed by atoms with Crippen LogP contribution in [0, 0.1) is 0 Å². The molecule has 0 unspecified atom stereocenters. The molecule has 0 radical (unpaired) electrons. The highest BCUT2D eigenvalue weighted by Crippen LogP contribution is 2.37. The highest BCUT2D eigenvalue weighted by atomic mass is 28.4. The minimum Gasteiger partial charge on any atom is -0.407 e. The molecule has 2 rings (SSSR count). The summed E-state index contributed by atoms with van der Waals surface area (Å²) < 4.78 is 7.02. The van der Waals surface area contributed by atoms with E-state index in [0.717, 1.165) is 103 Å². The lowest BCUT2D eigenvalue weighted by Gasteiger charge is -2.43. The van der Waals surface area contributed by atoms with E-state index in [0.29, 0.717) is 43.3 Å². The summed E-state index contributed by atoms with van der Waals surface area (Å²) in [5.74, 6) is 0.679. The summed E-state index contributed by atoms with van der Waals surface area (Å²) in [7, 11) is -2.41. The Balaban J connectivity index is 0.000000768. The fraction of sp³-hybridized carbons (Fsp3) is 0.700. The van der Waals surface area contributed by atoms with Gasteiger partial charge in [0.15, 0.2) is 0 Å². The fourth-order valence-electron chi connectivity index (χ4n) is 9.03. The molecule has 0 fully saturated rings. The highest BCUT2D eigenvalue weighted by Gasteiger charge is 2.49. The first-order valence-corrected chi connectivity index (χ1v) is 29.5. The summed E-state index contributed by atoms with van der Waals surface area (Å²) in [5.41, 5.74) is 0. The molecule has 0 atom stereocenters. The normalized spacial score (nSPS) is 12.1. The lowest BCUT2D eigenvalue weighted by Crippen LogP contribution is -2.66. The second-order valence-corrected chi connectivity index (χ2v) is 24.9. The molecule has 0 aliphatic rings. The summed E-state index contributed by atoms with van der Waals surface area (Å²) in [6.07, 6.45) is 38.4. The van der Waals surface area contributed by atoms with E-state index in [1.807, 2.05) is 0 Å². The predicted octanol–water partition coefficient (Wildman–Crippen LogP) is 15.3. The van der Waals surface area contributed by atoms with Crippen LogP contribution >= 0.6 is 0 Å². The zero-order chi connectivity index (χ0) is 49.4. The van der Waals surface area contributed by atoms with Crippen LogP contribution in [0.25, 0.3) is 0 Å². The average molecular weight is 946 g/mol. The topological polar surface area (TPSA) is 70.1 Å². The molecule has 382 valence electrons. The van der Waals surface area contributed by atoms with Crippen molar-refractivity contribution in [3.8, 4) is 0 Å². The number of amides is 2. The van der Waals surface area contributed by atoms with E-state index >= 15 is 0 Å². The van der Waals surface area contributed by atoms with Gasteiger partial charge in [-0.25, -0.2) is 0 Å². The molecule has 2 amide bonds. The van der Waals surface area contributed by atoms with Crippen molar-refractivity contribution in [2.45, 2.75) is 246 Å². The van der Waals surface area contributed by atoms with Gasteiger partial charge in [0.2, 0.25) is 11.8 Å². The Bertz CT molecular complexity index is 1480. The quantitative estimate of drug-likeness (QED) is 0.0414. The standard InChI is InChI=1S/C38H61NO2Si.C22H43NO2/c1-7-8-9-24-31-37(40)39(34(2)3)32-25-16-14-12-10-11-13-15-17-26-33-41-42(38(4,5)6,35-27-20-18-21-28-35)36-29-22-19-23-30-36;1-4-5-6-15-18-22(25)23(21(2)3)19-16-13-11-9-7-8-10-12-14-17-20-24/h10,12,18-23,27-30,34H,7-9,11,13-17,24-26,31-33H2,1-6H3;7,9,21,24H,4-6,8,10-20H2,1-3H3/b12-10-;9-7-. The van der Waals surface area contributed by atoms with Crippen molar-refractivity contribution >= 4 is 30.5 Å². The van der Waals surface area contributed by atoms with Gasteiger partial charge in [-0.15, -0.1) is 0 Å². The van der Waals surface area contributed by atoms with Crippen molar-refractivity contribution in [3.63, 3.8) is 0 Å². The SMILES string of the molecule is CCCCCCC(=O)N(CCCC/C=C\CCCCCCO)C(C)C.CCCCCCC(=O)N(CCCC/C=C\CCCCCCO[Si](c1ccccc1)(c1ccccc1)C(C)(C)C)C(C)C. The Morgan fingerprint density at radius 1 is 0.522 bits per heavy atom. The number of carbonyl (C=O) groups is 2. The molecule has 1 N–H and O–H groups in total.